The van der Waals surface area contributed by atoms with Gasteiger partial charge in [0.2, 0.25) is 16.9 Å². The molecule has 0 bridgehead atoms. The average molecular weight is 359 g/mol. The molecule has 1 aromatic carbocycles. The van der Waals surface area contributed by atoms with Crippen molar-refractivity contribution in [1.29, 1.82) is 0 Å². The first-order valence-corrected chi connectivity index (χ1v) is 9.10. The molecule has 24 heavy (non-hydrogen) atoms. The molecular formula is C16H17N5OS2. The molecule has 1 N–H and O–H groups in total. The number of hydrogen-bond donors (Lipinski definition) is 1. The zero-order valence-electron chi connectivity index (χ0n) is 13.4. The van der Waals surface area contributed by atoms with Gasteiger partial charge in [0.25, 0.3) is 0 Å². The molecule has 0 spiro atoms. The lowest BCUT2D eigenvalue weighted by molar-refractivity contribution is 0.509. The van der Waals surface area contributed by atoms with Gasteiger partial charge in [0, 0.05) is 12.1 Å². The van der Waals surface area contributed by atoms with Gasteiger partial charge in [-0.15, -0.1) is 27.0 Å². The molecule has 124 valence electrons. The summed E-state index contributed by atoms with van der Waals surface area (Å²) in [6, 6.07) is 8.00. The highest BCUT2D eigenvalue weighted by atomic mass is 32.2. The third kappa shape index (κ3) is 4.01. The van der Waals surface area contributed by atoms with Crippen LogP contribution in [0, 0.1) is 6.92 Å². The van der Waals surface area contributed by atoms with E-state index in [4.69, 9.17) is 4.42 Å². The Kier molecular flexibility index (Phi) is 5.27. The first kappa shape index (κ1) is 16.7. The Morgan fingerprint density at radius 1 is 1.33 bits per heavy atom. The molecule has 8 heteroatoms. The summed E-state index contributed by atoms with van der Waals surface area (Å²) in [4.78, 5) is 0. The molecule has 0 amide bonds. The van der Waals surface area contributed by atoms with E-state index in [9.17, 15) is 0 Å². The van der Waals surface area contributed by atoms with Crippen LogP contribution in [0.4, 0.5) is 5.13 Å². The second-order valence-electron chi connectivity index (χ2n) is 5.12. The van der Waals surface area contributed by atoms with Gasteiger partial charge >= 0.3 is 0 Å². The zero-order chi connectivity index (χ0) is 16.9. The number of anilines is 1. The Balaban J connectivity index is 1.68. The minimum atomic E-state index is -0.00346. The summed E-state index contributed by atoms with van der Waals surface area (Å²) < 4.78 is 6.67. The van der Waals surface area contributed by atoms with E-state index in [0.717, 1.165) is 20.6 Å². The van der Waals surface area contributed by atoms with E-state index in [2.05, 4.69) is 32.3 Å². The smallest absolute Gasteiger partial charge is 0.247 e. The van der Waals surface area contributed by atoms with Gasteiger partial charge in [-0.3, -0.25) is 0 Å². The van der Waals surface area contributed by atoms with Crippen LogP contribution in [-0.2, 0) is 0 Å². The number of benzene rings is 1. The van der Waals surface area contributed by atoms with Gasteiger partial charge in [-0.1, -0.05) is 46.9 Å². The van der Waals surface area contributed by atoms with Gasteiger partial charge in [0.1, 0.15) is 0 Å². The van der Waals surface area contributed by atoms with Gasteiger partial charge in [-0.25, -0.2) is 0 Å². The summed E-state index contributed by atoms with van der Waals surface area (Å²) in [5.41, 5.74) is 2.08. The predicted molar refractivity (Wildman–Crippen MR) is 97.3 cm³/mol. The topological polar surface area (TPSA) is 76.7 Å². The van der Waals surface area contributed by atoms with Crippen LogP contribution in [0.15, 0.2) is 45.7 Å². The van der Waals surface area contributed by atoms with Crippen molar-refractivity contribution in [2.45, 2.75) is 23.4 Å². The lowest BCUT2D eigenvalue weighted by Gasteiger charge is -2.02. The Morgan fingerprint density at radius 3 is 3.00 bits per heavy atom. The molecule has 0 aliphatic heterocycles. The SMILES string of the molecule is C=CCNc1nnc(SC(C)c2nnc(-c3cccc(C)c3)o2)s1. The van der Waals surface area contributed by atoms with Crippen molar-refractivity contribution in [1.82, 2.24) is 20.4 Å². The first-order valence-electron chi connectivity index (χ1n) is 7.41. The molecule has 2 aromatic heterocycles. The number of rotatable bonds is 7. The minimum Gasteiger partial charge on any atom is -0.419 e. The molecule has 0 saturated heterocycles. The Labute approximate surface area is 148 Å². The Hall–Kier alpha value is -2.19. The number of nitrogens with one attached hydrogen (secondary N) is 1. The highest BCUT2D eigenvalue weighted by Crippen LogP contribution is 2.37. The molecule has 3 rings (SSSR count). The van der Waals surface area contributed by atoms with E-state index < -0.39 is 0 Å². The van der Waals surface area contributed by atoms with Crippen molar-refractivity contribution in [3.63, 3.8) is 0 Å². The third-order valence-electron chi connectivity index (χ3n) is 3.14. The molecule has 6 nitrogen and oxygen atoms in total. The quantitative estimate of drug-likeness (QED) is 0.496. The fourth-order valence-electron chi connectivity index (χ4n) is 1.98. The lowest BCUT2D eigenvalue weighted by atomic mass is 10.1. The molecule has 3 aromatic rings. The second-order valence-corrected chi connectivity index (χ2v) is 7.68. The molecule has 1 atom stereocenters. The summed E-state index contributed by atoms with van der Waals surface area (Å²) in [6.45, 7) is 8.37. The molecule has 2 heterocycles. The van der Waals surface area contributed by atoms with Crippen molar-refractivity contribution in [3.05, 3.63) is 48.4 Å². The van der Waals surface area contributed by atoms with Crippen LogP contribution in [0.5, 0.6) is 0 Å². The molecular weight excluding hydrogens is 342 g/mol. The van der Waals surface area contributed by atoms with Gasteiger partial charge < -0.3 is 9.73 Å². The molecule has 0 aliphatic rings. The normalized spacial score (nSPS) is 12.1. The summed E-state index contributed by atoms with van der Waals surface area (Å²) in [5, 5.41) is 20.4. The summed E-state index contributed by atoms with van der Waals surface area (Å²) in [6.07, 6.45) is 1.78. The van der Waals surface area contributed by atoms with Crippen LogP contribution < -0.4 is 5.32 Å². The van der Waals surface area contributed by atoms with Crippen LogP contribution in [0.25, 0.3) is 11.5 Å². The van der Waals surface area contributed by atoms with Crippen molar-refractivity contribution < 1.29 is 4.42 Å². The fraction of sp³-hybridized carbons (Fsp3) is 0.250. The molecule has 0 fully saturated rings. The zero-order valence-corrected chi connectivity index (χ0v) is 15.0. The summed E-state index contributed by atoms with van der Waals surface area (Å²) in [7, 11) is 0. The monoisotopic (exact) mass is 359 g/mol. The average Bonchev–Trinajstić information content (AvgIpc) is 3.22. The first-order chi connectivity index (χ1) is 11.7. The second kappa shape index (κ2) is 7.59. The van der Waals surface area contributed by atoms with Crippen LogP contribution in [0.1, 0.15) is 23.6 Å². The fourth-order valence-corrected chi connectivity index (χ4v) is 3.92. The third-order valence-corrected chi connectivity index (χ3v) is 5.19. The van der Waals surface area contributed by atoms with E-state index in [1.54, 1.807) is 17.8 Å². The van der Waals surface area contributed by atoms with E-state index >= 15 is 0 Å². The Morgan fingerprint density at radius 2 is 2.21 bits per heavy atom. The van der Waals surface area contributed by atoms with Crippen molar-refractivity contribution in [2.24, 2.45) is 0 Å². The van der Waals surface area contributed by atoms with E-state index in [1.807, 2.05) is 38.1 Å². The summed E-state index contributed by atoms with van der Waals surface area (Å²) in [5.74, 6) is 1.11. The van der Waals surface area contributed by atoms with E-state index in [0.29, 0.717) is 18.3 Å². The highest BCUT2D eigenvalue weighted by Gasteiger charge is 2.18. The minimum absolute atomic E-state index is 0.00346. The Bertz CT molecular complexity index is 829. The van der Waals surface area contributed by atoms with Crippen molar-refractivity contribution in [3.8, 4) is 11.5 Å². The van der Waals surface area contributed by atoms with Crippen molar-refractivity contribution in [2.75, 3.05) is 11.9 Å². The molecule has 1 unspecified atom stereocenters. The van der Waals surface area contributed by atoms with Crippen LogP contribution in [0.3, 0.4) is 0 Å². The predicted octanol–water partition coefficient (Wildman–Crippen LogP) is 4.35. The van der Waals surface area contributed by atoms with Gasteiger partial charge in [-0.2, -0.15) is 0 Å². The number of aryl methyl sites for hydroxylation is 1. The van der Waals surface area contributed by atoms with Crippen LogP contribution in [-0.4, -0.2) is 26.9 Å². The van der Waals surface area contributed by atoms with Gasteiger partial charge in [0.05, 0.1) is 5.25 Å². The van der Waals surface area contributed by atoms with Crippen LogP contribution >= 0.6 is 23.1 Å². The molecule has 0 aliphatic carbocycles. The van der Waals surface area contributed by atoms with Crippen molar-refractivity contribution >= 4 is 28.2 Å². The van der Waals surface area contributed by atoms with E-state index in [1.165, 1.54) is 11.3 Å². The molecule has 0 radical (unpaired) electrons. The molecule has 0 saturated carbocycles. The standard InChI is InChI=1S/C16H17N5OS2/c1-4-8-17-15-20-21-16(24-15)23-11(3)13-18-19-14(22-13)12-7-5-6-10(2)9-12/h4-7,9,11H,1,8H2,2-3H3,(H,17,20). The van der Waals surface area contributed by atoms with Crippen LogP contribution in [0.2, 0.25) is 0 Å². The highest BCUT2D eigenvalue weighted by molar-refractivity contribution is 8.01. The maximum absolute atomic E-state index is 5.81. The summed E-state index contributed by atoms with van der Waals surface area (Å²) >= 11 is 3.04. The number of nitrogens with zero attached hydrogens (tertiary/aromatic N) is 4. The van der Waals surface area contributed by atoms with E-state index in [-0.39, 0.29) is 5.25 Å². The number of hydrogen-bond acceptors (Lipinski definition) is 8. The van der Waals surface area contributed by atoms with Gasteiger partial charge in [0.15, 0.2) is 4.34 Å². The maximum atomic E-state index is 5.81. The lowest BCUT2D eigenvalue weighted by Crippen LogP contribution is -1.96. The number of thioether (sulfide) groups is 1. The van der Waals surface area contributed by atoms with Gasteiger partial charge in [-0.05, 0) is 26.0 Å². The number of aromatic nitrogens is 4. The maximum Gasteiger partial charge on any atom is 0.247 e. The largest absolute Gasteiger partial charge is 0.419 e.